The summed E-state index contributed by atoms with van der Waals surface area (Å²) in [5.41, 5.74) is 6.11. The Morgan fingerprint density at radius 2 is 1.85 bits per heavy atom. The number of carbonyl (C=O) groups excluding carboxylic acids is 1. The maximum atomic E-state index is 11.8. The first-order valence-corrected chi connectivity index (χ1v) is 5.87. The second-order valence-electron chi connectivity index (χ2n) is 3.92. The largest absolute Gasteiger partial charge is 0.493 e. The molecule has 0 saturated heterocycles. The minimum absolute atomic E-state index is 0.163. The van der Waals surface area contributed by atoms with Crippen LogP contribution < -0.4 is 25.3 Å². The molecule has 0 heterocycles. The molecule has 0 fully saturated rings. The highest BCUT2D eigenvalue weighted by Gasteiger charge is 2.17. The molecule has 0 radical (unpaired) electrons. The van der Waals surface area contributed by atoms with Crippen LogP contribution in [0.25, 0.3) is 0 Å². The number of hydrogen-bond acceptors (Lipinski definition) is 5. The van der Waals surface area contributed by atoms with E-state index in [0.717, 1.165) is 0 Å². The molecule has 1 aromatic carbocycles. The molecular formula is C14H18N2O4. The van der Waals surface area contributed by atoms with Crippen molar-refractivity contribution in [3.05, 3.63) is 12.1 Å². The Hall–Kier alpha value is -2.39. The Balaban J connectivity index is 3.02. The average molecular weight is 278 g/mol. The van der Waals surface area contributed by atoms with Gasteiger partial charge in [-0.25, -0.2) is 0 Å². The number of hydrogen-bond donors (Lipinski definition) is 2. The molecule has 1 aromatic rings. The lowest BCUT2D eigenvalue weighted by molar-refractivity contribution is -0.117. The van der Waals surface area contributed by atoms with Crippen molar-refractivity contribution >= 4 is 11.6 Å². The highest BCUT2D eigenvalue weighted by molar-refractivity contribution is 5.95. The zero-order valence-electron chi connectivity index (χ0n) is 11.7. The van der Waals surface area contributed by atoms with Crippen molar-refractivity contribution in [1.82, 2.24) is 0 Å². The number of terminal acetylenes is 1. The Bertz CT molecular complexity index is 497. The number of nitrogens with two attached hydrogens (primary N) is 1. The predicted octanol–water partition coefficient (Wildman–Crippen LogP) is 1.00. The van der Waals surface area contributed by atoms with Gasteiger partial charge in [-0.3, -0.25) is 4.79 Å². The van der Waals surface area contributed by atoms with Crippen molar-refractivity contribution in [3.63, 3.8) is 0 Å². The smallest absolute Gasteiger partial charge is 0.242 e. The van der Waals surface area contributed by atoms with Crippen LogP contribution in [0.15, 0.2) is 12.1 Å². The molecule has 108 valence electrons. The lowest BCUT2D eigenvalue weighted by Crippen LogP contribution is -2.35. The molecule has 1 unspecified atom stereocenters. The molecule has 1 amide bonds. The van der Waals surface area contributed by atoms with E-state index in [0.29, 0.717) is 22.9 Å². The van der Waals surface area contributed by atoms with E-state index in [2.05, 4.69) is 11.2 Å². The van der Waals surface area contributed by atoms with Gasteiger partial charge >= 0.3 is 0 Å². The molecule has 0 aliphatic heterocycles. The molecule has 0 bridgehead atoms. The monoisotopic (exact) mass is 278 g/mol. The number of ether oxygens (including phenoxy) is 3. The summed E-state index contributed by atoms with van der Waals surface area (Å²) in [5.74, 6) is 3.29. The van der Waals surface area contributed by atoms with Crippen molar-refractivity contribution in [2.45, 2.75) is 12.5 Å². The van der Waals surface area contributed by atoms with Crippen LogP contribution in [0.1, 0.15) is 6.42 Å². The molecule has 6 heteroatoms. The van der Waals surface area contributed by atoms with Gasteiger partial charge in [0, 0.05) is 24.2 Å². The van der Waals surface area contributed by atoms with Gasteiger partial charge in [-0.15, -0.1) is 12.3 Å². The van der Waals surface area contributed by atoms with E-state index in [-0.39, 0.29) is 12.3 Å². The van der Waals surface area contributed by atoms with Gasteiger partial charge < -0.3 is 25.3 Å². The summed E-state index contributed by atoms with van der Waals surface area (Å²) in [4.78, 5) is 11.8. The van der Waals surface area contributed by atoms with Crippen LogP contribution in [0.4, 0.5) is 5.69 Å². The molecular weight excluding hydrogens is 260 g/mol. The Morgan fingerprint density at radius 3 is 2.25 bits per heavy atom. The predicted molar refractivity (Wildman–Crippen MR) is 76.2 cm³/mol. The topological polar surface area (TPSA) is 82.8 Å². The van der Waals surface area contributed by atoms with E-state index in [1.807, 2.05) is 0 Å². The Kier molecular flexibility index (Phi) is 5.69. The first kappa shape index (κ1) is 15.7. The van der Waals surface area contributed by atoms with Gasteiger partial charge in [-0.05, 0) is 0 Å². The number of methoxy groups -OCH3 is 3. The molecule has 3 N–H and O–H groups in total. The molecule has 0 aliphatic carbocycles. The maximum absolute atomic E-state index is 11.8. The summed E-state index contributed by atoms with van der Waals surface area (Å²) in [6.07, 6.45) is 5.29. The van der Waals surface area contributed by atoms with Crippen LogP contribution in [-0.4, -0.2) is 33.3 Å². The fourth-order valence-electron chi connectivity index (χ4n) is 1.61. The second-order valence-corrected chi connectivity index (χ2v) is 3.92. The van der Waals surface area contributed by atoms with E-state index < -0.39 is 6.04 Å². The van der Waals surface area contributed by atoms with E-state index in [1.54, 1.807) is 12.1 Å². The minimum Gasteiger partial charge on any atom is -0.493 e. The normalized spacial score (nSPS) is 11.2. The summed E-state index contributed by atoms with van der Waals surface area (Å²) >= 11 is 0. The van der Waals surface area contributed by atoms with Crippen LogP contribution in [0.5, 0.6) is 17.2 Å². The number of rotatable bonds is 6. The molecule has 6 nitrogen and oxygen atoms in total. The molecule has 0 aliphatic rings. The van der Waals surface area contributed by atoms with E-state index in [1.165, 1.54) is 21.3 Å². The van der Waals surface area contributed by atoms with E-state index >= 15 is 0 Å². The van der Waals surface area contributed by atoms with Gasteiger partial charge in [0.15, 0.2) is 11.5 Å². The van der Waals surface area contributed by atoms with E-state index in [9.17, 15) is 4.79 Å². The summed E-state index contributed by atoms with van der Waals surface area (Å²) in [7, 11) is 4.49. The quantitative estimate of drug-likeness (QED) is 0.759. The van der Waals surface area contributed by atoms with Crippen molar-refractivity contribution in [2.75, 3.05) is 26.6 Å². The number of carbonyl (C=O) groups is 1. The van der Waals surface area contributed by atoms with Crippen molar-refractivity contribution < 1.29 is 19.0 Å². The summed E-state index contributed by atoms with van der Waals surface area (Å²) < 4.78 is 15.6. The fraction of sp³-hybridized carbons (Fsp3) is 0.357. The summed E-state index contributed by atoms with van der Waals surface area (Å²) in [5, 5.41) is 2.65. The Labute approximate surface area is 118 Å². The van der Waals surface area contributed by atoms with Gasteiger partial charge in [-0.2, -0.15) is 0 Å². The van der Waals surface area contributed by atoms with Crippen LogP contribution >= 0.6 is 0 Å². The highest BCUT2D eigenvalue weighted by atomic mass is 16.5. The molecule has 20 heavy (non-hydrogen) atoms. The van der Waals surface area contributed by atoms with Gasteiger partial charge in [-0.1, -0.05) is 0 Å². The molecule has 0 aromatic heterocycles. The number of amides is 1. The molecule has 1 rings (SSSR count). The third-order valence-corrected chi connectivity index (χ3v) is 2.61. The third-order valence-electron chi connectivity index (χ3n) is 2.61. The third kappa shape index (κ3) is 3.56. The van der Waals surface area contributed by atoms with Crippen molar-refractivity contribution in [1.29, 1.82) is 0 Å². The minimum atomic E-state index is -0.765. The van der Waals surface area contributed by atoms with Gasteiger partial charge in [0.05, 0.1) is 27.4 Å². The maximum Gasteiger partial charge on any atom is 0.242 e. The summed E-state index contributed by atoms with van der Waals surface area (Å²) in [6, 6.07) is 2.46. The van der Waals surface area contributed by atoms with Crippen LogP contribution in [-0.2, 0) is 4.79 Å². The van der Waals surface area contributed by atoms with Gasteiger partial charge in [0.25, 0.3) is 0 Å². The van der Waals surface area contributed by atoms with E-state index in [4.69, 9.17) is 26.4 Å². The molecule has 0 spiro atoms. The number of anilines is 1. The van der Waals surface area contributed by atoms with Crippen LogP contribution in [0.3, 0.4) is 0 Å². The van der Waals surface area contributed by atoms with Crippen LogP contribution in [0, 0.1) is 12.3 Å². The zero-order chi connectivity index (χ0) is 15.1. The summed E-state index contributed by atoms with van der Waals surface area (Å²) in [6.45, 7) is 0. The van der Waals surface area contributed by atoms with Gasteiger partial charge in [0.1, 0.15) is 0 Å². The first-order chi connectivity index (χ1) is 9.57. The van der Waals surface area contributed by atoms with Crippen molar-refractivity contribution in [3.8, 4) is 29.6 Å². The lowest BCUT2D eigenvalue weighted by atomic mass is 10.2. The number of benzene rings is 1. The second kappa shape index (κ2) is 7.26. The van der Waals surface area contributed by atoms with Gasteiger partial charge in [0.2, 0.25) is 11.7 Å². The SMILES string of the molecule is C#CCC(N)C(=O)Nc1cc(OC)c(OC)c(OC)c1. The molecule has 1 atom stereocenters. The lowest BCUT2D eigenvalue weighted by Gasteiger charge is -2.15. The molecule has 0 saturated carbocycles. The Morgan fingerprint density at radius 1 is 1.30 bits per heavy atom. The fourth-order valence-corrected chi connectivity index (χ4v) is 1.61. The number of nitrogens with one attached hydrogen (secondary N) is 1. The van der Waals surface area contributed by atoms with Crippen molar-refractivity contribution in [2.24, 2.45) is 5.73 Å². The zero-order valence-corrected chi connectivity index (χ0v) is 11.7. The van der Waals surface area contributed by atoms with Crippen LogP contribution in [0.2, 0.25) is 0 Å². The highest BCUT2D eigenvalue weighted by Crippen LogP contribution is 2.39. The standard InChI is InChI=1S/C14H18N2O4/c1-5-6-10(15)14(17)16-9-7-11(18-2)13(20-4)12(8-9)19-3/h1,7-8,10H,6,15H2,2-4H3,(H,16,17). The first-order valence-electron chi connectivity index (χ1n) is 5.87. The average Bonchev–Trinajstić information content (AvgIpc) is 2.46.